The Balaban J connectivity index is -0.000000602. The predicted octanol–water partition coefficient (Wildman–Crippen LogP) is 5.95. The van der Waals surface area contributed by atoms with Crippen molar-refractivity contribution in [3.8, 4) is 0 Å². The van der Waals surface area contributed by atoms with Gasteiger partial charge >= 0.3 is 51.5 Å². The first-order valence-electron chi connectivity index (χ1n) is 8.64. The quantitative estimate of drug-likeness (QED) is 0.219. The van der Waals surface area contributed by atoms with Gasteiger partial charge < -0.3 is 7.96 Å². The van der Waals surface area contributed by atoms with Crippen molar-refractivity contribution in [2.24, 2.45) is 0 Å². The van der Waals surface area contributed by atoms with Gasteiger partial charge in [0.15, 0.2) is 0 Å². The summed E-state index contributed by atoms with van der Waals surface area (Å²) in [5.41, 5.74) is 0. The van der Waals surface area contributed by atoms with Crippen LogP contribution in [0.5, 0.6) is 0 Å². The number of unbranched alkanes of at least 4 members (excludes halogenated alkanes) is 11. The molecule has 0 aromatic rings. The van der Waals surface area contributed by atoms with Gasteiger partial charge in [-0.05, 0) is 32.1 Å². The van der Waals surface area contributed by atoms with Crippen LogP contribution in [0.3, 0.4) is 0 Å². The van der Waals surface area contributed by atoms with Gasteiger partial charge in [-0.15, -0.1) is 0 Å². The van der Waals surface area contributed by atoms with Crippen LogP contribution in [-0.4, -0.2) is 56.6 Å². The summed E-state index contributed by atoms with van der Waals surface area (Å²) >= 11 is 0. The maximum absolute atomic E-state index is 10.3. The van der Waals surface area contributed by atoms with Gasteiger partial charge in [-0.1, -0.05) is 70.4 Å². The molecular weight excluding hydrogens is 336 g/mol. The summed E-state index contributed by atoms with van der Waals surface area (Å²) in [6, 6.07) is 0. The second-order valence-corrected chi connectivity index (χ2v) is 5.73. The Morgan fingerprint density at radius 3 is 1.71 bits per heavy atom. The van der Waals surface area contributed by atoms with Crippen LogP contribution >= 0.6 is 0 Å². The Morgan fingerprint density at radius 2 is 1.24 bits per heavy atom. The molecule has 0 heterocycles. The summed E-state index contributed by atoms with van der Waals surface area (Å²) in [5, 5.41) is 8.51. The van der Waals surface area contributed by atoms with Crippen molar-refractivity contribution in [1.29, 1.82) is 0 Å². The molecule has 122 valence electrons. The molecule has 0 rings (SSSR count). The van der Waals surface area contributed by atoms with Crippen LogP contribution in [0.15, 0.2) is 12.2 Å². The fourth-order valence-corrected chi connectivity index (χ4v) is 2.35. The van der Waals surface area contributed by atoms with Gasteiger partial charge in [0.25, 0.3) is 0 Å². The molecule has 0 saturated heterocycles. The van der Waals surface area contributed by atoms with Gasteiger partial charge in [-0.2, -0.15) is 0 Å². The third-order valence-corrected chi connectivity index (χ3v) is 3.65. The molecule has 0 aromatic carbocycles. The van der Waals surface area contributed by atoms with Crippen LogP contribution in [0.25, 0.3) is 0 Å². The van der Waals surface area contributed by atoms with Crippen molar-refractivity contribution in [3.63, 3.8) is 0 Å². The molecule has 0 fully saturated rings. The minimum atomic E-state index is -0.664. The molecule has 0 bridgehead atoms. The van der Waals surface area contributed by atoms with Gasteiger partial charge in [0, 0.05) is 6.42 Å². The van der Waals surface area contributed by atoms with Crippen LogP contribution in [0, 0.1) is 0 Å². The number of hydrogen-bond acceptors (Lipinski definition) is 1. The molecule has 21 heavy (non-hydrogen) atoms. The number of carboxylic acids is 1. The SMILES string of the molecule is CCCCCCCC/C=C\CCCCCCCC(=O)O.[H-].[H-].[Sr+2]. The van der Waals surface area contributed by atoms with Crippen molar-refractivity contribution in [3.05, 3.63) is 12.2 Å². The van der Waals surface area contributed by atoms with E-state index >= 15 is 0 Å². The second kappa shape index (κ2) is 20.7. The van der Waals surface area contributed by atoms with Gasteiger partial charge in [0.1, 0.15) is 0 Å². The molecular formula is C18H36O2Sr. The zero-order valence-electron chi connectivity index (χ0n) is 16.1. The number of rotatable bonds is 15. The van der Waals surface area contributed by atoms with Gasteiger partial charge in [0.05, 0.1) is 0 Å². The second-order valence-electron chi connectivity index (χ2n) is 5.73. The Bertz CT molecular complexity index is 249. The van der Waals surface area contributed by atoms with E-state index in [1.54, 1.807) is 0 Å². The van der Waals surface area contributed by atoms with Crippen molar-refractivity contribution in [1.82, 2.24) is 0 Å². The third-order valence-electron chi connectivity index (χ3n) is 3.65. The predicted molar refractivity (Wildman–Crippen MR) is 95.1 cm³/mol. The van der Waals surface area contributed by atoms with E-state index in [0.29, 0.717) is 6.42 Å². The standard InChI is InChI=1S/C18H34O2.Sr.2H/c1-2-3-4-5-6-7-8-9-10-11-12-13-14-15-16-17-18(19)20;;;/h9-10H,2-8,11-17H2,1H3,(H,19,20);;;/q;+2;2*-1/b10-9-;;;. The smallest absolute Gasteiger partial charge is 1.00 e. The summed E-state index contributed by atoms with van der Waals surface area (Å²) in [6.07, 6.45) is 21.2. The van der Waals surface area contributed by atoms with Crippen molar-refractivity contribution in [2.75, 3.05) is 0 Å². The zero-order chi connectivity index (χ0) is 14.9. The van der Waals surface area contributed by atoms with E-state index in [9.17, 15) is 4.79 Å². The van der Waals surface area contributed by atoms with Crippen LogP contribution in [0.4, 0.5) is 0 Å². The molecule has 3 heteroatoms. The molecule has 0 amide bonds. The summed E-state index contributed by atoms with van der Waals surface area (Å²) in [4.78, 5) is 10.3. The molecule has 0 aromatic heterocycles. The number of allylic oxidation sites excluding steroid dienone is 2. The van der Waals surface area contributed by atoms with E-state index in [1.807, 2.05) is 0 Å². The summed E-state index contributed by atoms with van der Waals surface area (Å²) in [7, 11) is 0. The zero-order valence-corrected chi connectivity index (χ0v) is 17.6. The van der Waals surface area contributed by atoms with Gasteiger partial charge in [0.2, 0.25) is 0 Å². The molecule has 0 unspecified atom stereocenters. The maximum atomic E-state index is 10.3. The Morgan fingerprint density at radius 1 is 0.810 bits per heavy atom. The van der Waals surface area contributed by atoms with Crippen LogP contribution < -0.4 is 0 Å². The Labute approximate surface area is 172 Å². The molecule has 0 aliphatic rings. The molecule has 0 aliphatic carbocycles. The minimum absolute atomic E-state index is 0. The minimum Gasteiger partial charge on any atom is -1.00 e. The largest absolute Gasteiger partial charge is 2.00 e. The first-order valence-corrected chi connectivity index (χ1v) is 8.64. The first-order chi connectivity index (χ1) is 9.77. The van der Waals surface area contributed by atoms with E-state index in [-0.39, 0.29) is 48.3 Å². The normalized spacial score (nSPS) is 10.7. The topological polar surface area (TPSA) is 37.3 Å². The molecule has 1 N–H and O–H groups in total. The summed E-state index contributed by atoms with van der Waals surface area (Å²) < 4.78 is 0. The number of aliphatic carboxylic acids is 1. The van der Waals surface area contributed by atoms with Crippen molar-refractivity contribution in [2.45, 2.75) is 96.8 Å². The van der Waals surface area contributed by atoms with E-state index in [4.69, 9.17) is 5.11 Å². The molecule has 0 aliphatic heterocycles. The van der Waals surface area contributed by atoms with Gasteiger partial charge in [-0.3, -0.25) is 4.79 Å². The Hall–Kier alpha value is 0.691. The Kier molecular flexibility index (Phi) is 23.6. The summed E-state index contributed by atoms with van der Waals surface area (Å²) in [6.45, 7) is 2.26. The molecule has 0 atom stereocenters. The molecule has 0 radical (unpaired) electrons. The van der Waals surface area contributed by atoms with E-state index in [2.05, 4.69) is 19.1 Å². The molecule has 0 spiro atoms. The van der Waals surface area contributed by atoms with Crippen LogP contribution in [0.2, 0.25) is 0 Å². The molecule has 2 nitrogen and oxygen atoms in total. The maximum Gasteiger partial charge on any atom is 2.00 e. The van der Waals surface area contributed by atoms with Crippen molar-refractivity contribution < 1.29 is 12.8 Å². The number of hydrogen-bond donors (Lipinski definition) is 1. The third kappa shape index (κ3) is 23.1. The first kappa shape index (κ1) is 23.9. The van der Waals surface area contributed by atoms with Crippen LogP contribution in [-0.2, 0) is 4.79 Å². The van der Waals surface area contributed by atoms with E-state index < -0.39 is 5.97 Å². The fourth-order valence-electron chi connectivity index (χ4n) is 2.35. The average molecular weight is 372 g/mol. The van der Waals surface area contributed by atoms with E-state index in [1.165, 1.54) is 70.6 Å². The number of carbonyl (C=O) groups is 1. The van der Waals surface area contributed by atoms with Gasteiger partial charge in [-0.25, -0.2) is 0 Å². The average Bonchev–Trinajstić information content (AvgIpc) is 2.43. The number of carboxylic acid groups (broad SMARTS) is 1. The van der Waals surface area contributed by atoms with Crippen molar-refractivity contribution >= 4 is 51.5 Å². The molecule has 0 saturated carbocycles. The monoisotopic (exact) mass is 372 g/mol. The van der Waals surface area contributed by atoms with E-state index in [0.717, 1.165) is 12.8 Å². The fraction of sp³-hybridized carbons (Fsp3) is 0.833. The van der Waals surface area contributed by atoms with Crippen LogP contribution in [0.1, 0.15) is 99.7 Å². The summed E-state index contributed by atoms with van der Waals surface area (Å²) in [5.74, 6) is -0.664.